The first-order valence-electron chi connectivity index (χ1n) is 6.71. The van der Waals surface area contributed by atoms with Crippen LogP contribution in [0.1, 0.15) is 24.4 Å². The summed E-state index contributed by atoms with van der Waals surface area (Å²) >= 11 is 5.78. The quantitative estimate of drug-likeness (QED) is 0.781. The van der Waals surface area contributed by atoms with Crippen molar-refractivity contribution in [3.05, 3.63) is 34.9 Å². The molecule has 1 saturated carbocycles. The lowest BCUT2D eigenvalue weighted by atomic mass is 9.81. The van der Waals surface area contributed by atoms with Crippen LogP contribution in [0.2, 0.25) is 5.02 Å². The normalized spacial score (nSPS) is 22.5. The molecule has 0 radical (unpaired) electrons. The molecule has 1 aromatic rings. The fraction of sp³-hybridized carbons (Fsp3) is 0.500. The minimum Gasteiger partial charge on any atom is -0.396 e. The minimum atomic E-state index is -2.74. The van der Waals surface area contributed by atoms with Gasteiger partial charge in [0.25, 0.3) is 6.43 Å². The molecule has 0 bridgehead atoms. The number of alkyl halides is 2. The van der Waals surface area contributed by atoms with E-state index in [0.717, 1.165) is 0 Å². The van der Waals surface area contributed by atoms with Crippen molar-refractivity contribution in [2.24, 2.45) is 5.92 Å². The van der Waals surface area contributed by atoms with Crippen LogP contribution in [-0.4, -0.2) is 30.2 Å². The van der Waals surface area contributed by atoms with E-state index < -0.39 is 18.5 Å². The average molecular weight is 319 g/mol. The lowest BCUT2D eigenvalue weighted by Gasteiger charge is -2.34. The number of carbonyl (C=O) groups excluding carboxylic acids is 1. The van der Waals surface area contributed by atoms with Crippen molar-refractivity contribution < 1.29 is 18.7 Å². The highest BCUT2D eigenvalue weighted by atomic mass is 35.5. The van der Waals surface area contributed by atoms with Gasteiger partial charge < -0.3 is 15.7 Å². The molecule has 1 unspecified atom stereocenters. The monoisotopic (exact) mass is 318 g/mol. The number of hydrogen-bond acceptors (Lipinski definition) is 2. The van der Waals surface area contributed by atoms with E-state index >= 15 is 0 Å². The zero-order valence-corrected chi connectivity index (χ0v) is 12.0. The van der Waals surface area contributed by atoms with E-state index in [9.17, 15) is 13.6 Å². The average Bonchev–Trinajstić information content (AvgIpc) is 2.39. The third-order valence-electron chi connectivity index (χ3n) is 3.58. The predicted molar refractivity (Wildman–Crippen MR) is 75.5 cm³/mol. The number of benzene rings is 1. The van der Waals surface area contributed by atoms with E-state index in [4.69, 9.17) is 16.7 Å². The van der Waals surface area contributed by atoms with E-state index in [0.29, 0.717) is 17.9 Å². The molecule has 0 aliphatic heterocycles. The molecule has 1 fully saturated rings. The molecule has 3 N–H and O–H groups in total. The van der Waals surface area contributed by atoms with Gasteiger partial charge in [0, 0.05) is 17.7 Å². The van der Waals surface area contributed by atoms with E-state index in [2.05, 4.69) is 10.6 Å². The standard InChI is InChI=1S/C14H17ClF2N2O2/c15-10-3-1-2-9(6-10)12(13(16)17)19-14(21)18-11-4-8(5-11)7-20/h1-3,6,8,11-13,20H,4-5,7H2,(H2,18,19,21). The van der Waals surface area contributed by atoms with Gasteiger partial charge in [0.2, 0.25) is 0 Å². The summed E-state index contributed by atoms with van der Waals surface area (Å²) in [4.78, 5) is 11.8. The van der Waals surface area contributed by atoms with Gasteiger partial charge in [0.1, 0.15) is 6.04 Å². The molecule has 21 heavy (non-hydrogen) atoms. The topological polar surface area (TPSA) is 61.4 Å². The molecule has 1 atom stereocenters. The van der Waals surface area contributed by atoms with Crippen LogP contribution in [0.25, 0.3) is 0 Å². The number of halogens is 3. The Morgan fingerprint density at radius 2 is 2.14 bits per heavy atom. The molecule has 116 valence electrons. The summed E-state index contributed by atoms with van der Waals surface area (Å²) in [5.74, 6) is 0.189. The van der Waals surface area contributed by atoms with Crippen LogP contribution in [0.4, 0.5) is 13.6 Å². The van der Waals surface area contributed by atoms with Crippen LogP contribution < -0.4 is 10.6 Å². The third-order valence-corrected chi connectivity index (χ3v) is 3.81. The summed E-state index contributed by atoms with van der Waals surface area (Å²) in [6.07, 6.45) is -1.40. The Morgan fingerprint density at radius 1 is 1.43 bits per heavy atom. The van der Waals surface area contributed by atoms with Crippen LogP contribution in [0, 0.1) is 5.92 Å². The first-order chi connectivity index (χ1) is 9.99. The highest BCUT2D eigenvalue weighted by molar-refractivity contribution is 6.30. The van der Waals surface area contributed by atoms with Gasteiger partial charge in [0.05, 0.1) is 0 Å². The summed E-state index contributed by atoms with van der Waals surface area (Å²) in [5, 5.41) is 14.1. The van der Waals surface area contributed by atoms with E-state index in [1.165, 1.54) is 12.1 Å². The molecule has 1 aliphatic rings. The van der Waals surface area contributed by atoms with Crippen LogP contribution in [0.15, 0.2) is 24.3 Å². The lowest BCUT2D eigenvalue weighted by Crippen LogP contribution is -2.50. The van der Waals surface area contributed by atoms with Crippen molar-refractivity contribution in [2.75, 3.05) is 6.61 Å². The zero-order valence-electron chi connectivity index (χ0n) is 11.2. The maximum absolute atomic E-state index is 13.1. The fourth-order valence-electron chi connectivity index (χ4n) is 2.36. The number of rotatable bonds is 5. The van der Waals surface area contributed by atoms with Gasteiger partial charge in [-0.15, -0.1) is 0 Å². The summed E-state index contributed by atoms with van der Waals surface area (Å²) in [6, 6.07) is 3.93. The highest BCUT2D eigenvalue weighted by Gasteiger charge is 2.31. The Morgan fingerprint density at radius 3 is 2.71 bits per heavy atom. The van der Waals surface area contributed by atoms with Crippen molar-refractivity contribution in [3.63, 3.8) is 0 Å². The first kappa shape index (κ1) is 16.0. The SMILES string of the molecule is O=C(NC1CC(CO)C1)NC(c1cccc(Cl)c1)C(F)F. The maximum Gasteiger partial charge on any atom is 0.315 e. The molecule has 4 nitrogen and oxygen atoms in total. The van der Waals surface area contributed by atoms with E-state index in [1.54, 1.807) is 12.1 Å². The van der Waals surface area contributed by atoms with Crippen molar-refractivity contribution in [1.29, 1.82) is 0 Å². The van der Waals surface area contributed by atoms with Gasteiger partial charge in [-0.25, -0.2) is 13.6 Å². The number of amides is 2. The van der Waals surface area contributed by atoms with Crippen LogP contribution in [0.3, 0.4) is 0 Å². The molecular weight excluding hydrogens is 302 g/mol. The van der Waals surface area contributed by atoms with Gasteiger partial charge in [-0.3, -0.25) is 0 Å². The Bertz CT molecular complexity index is 496. The largest absolute Gasteiger partial charge is 0.396 e. The van der Waals surface area contributed by atoms with E-state index in [1.807, 2.05) is 0 Å². The lowest BCUT2D eigenvalue weighted by molar-refractivity contribution is 0.0975. The second-order valence-electron chi connectivity index (χ2n) is 5.20. The zero-order chi connectivity index (χ0) is 15.4. The Kier molecular flexibility index (Phi) is 5.36. The second kappa shape index (κ2) is 7.04. The van der Waals surface area contributed by atoms with E-state index in [-0.39, 0.29) is 24.1 Å². The molecule has 7 heteroatoms. The summed E-state index contributed by atoms with van der Waals surface area (Å²) in [5.41, 5.74) is 0.259. The molecule has 0 heterocycles. The van der Waals surface area contributed by atoms with Gasteiger partial charge >= 0.3 is 6.03 Å². The van der Waals surface area contributed by atoms with Gasteiger partial charge in [-0.1, -0.05) is 23.7 Å². The number of aliphatic hydroxyl groups excluding tert-OH is 1. The minimum absolute atomic E-state index is 0.0696. The molecule has 0 saturated heterocycles. The third kappa shape index (κ3) is 4.28. The molecule has 0 aromatic heterocycles. The fourth-order valence-corrected chi connectivity index (χ4v) is 2.56. The molecule has 2 amide bonds. The molecule has 2 rings (SSSR count). The van der Waals surface area contributed by atoms with Gasteiger partial charge in [-0.2, -0.15) is 0 Å². The van der Waals surface area contributed by atoms with Crippen LogP contribution in [-0.2, 0) is 0 Å². The van der Waals surface area contributed by atoms with Crippen LogP contribution in [0.5, 0.6) is 0 Å². The summed E-state index contributed by atoms with van der Waals surface area (Å²) < 4.78 is 26.2. The smallest absolute Gasteiger partial charge is 0.315 e. The highest BCUT2D eigenvalue weighted by Crippen LogP contribution is 2.27. The maximum atomic E-state index is 13.1. The molecule has 1 aliphatic carbocycles. The van der Waals surface area contributed by atoms with Crippen molar-refractivity contribution in [1.82, 2.24) is 10.6 Å². The van der Waals surface area contributed by atoms with Crippen molar-refractivity contribution in [3.8, 4) is 0 Å². The Hall–Kier alpha value is -1.40. The number of aliphatic hydroxyl groups is 1. The number of carbonyl (C=O) groups is 1. The number of urea groups is 1. The first-order valence-corrected chi connectivity index (χ1v) is 7.09. The molecule has 0 spiro atoms. The predicted octanol–water partition coefficient (Wildman–Crippen LogP) is 2.72. The summed E-state index contributed by atoms with van der Waals surface area (Å²) in [7, 11) is 0. The van der Waals surface area contributed by atoms with Crippen LogP contribution >= 0.6 is 11.6 Å². The van der Waals surface area contributed by atoms with Gasteiger partial charge in [0.15, 0.2) is 0 Å². The number of nitrogens with one attached hydrogen (secondary N) is 2. The molecular formula is C14H17ClF2N2O2. The van der Waals surface area contributed by atoms with Gasteiger partial charge in [-0.05, 0) is 36.5 Å². The van der Waals surface area contributed by atoms with Crippen molar-refractivity contribution >= 4 is 17.6 Å². The number of hydrogen-bond donors (Lipinski definition) is 3. The Balaban J connectivity index is 1.92. The van der Waals surface area contributed by atoms with Crippen molar-refractivity contribution in [2.45, 2.75) is 31.4 Å². The second-order valence-corrected chi connectivity index (χ2v) is 5.64. The Labute approximate surface area is 126 Å². The molecule has 1 aromatic carbocycles. The summed E-state index contributed by atoms with van der Waals surface area (Å²) in [6.45, 7) is 0.0853.